The summed E-state index contributed by atoms with van der Waals surface area (Å²) in [5.74, 6) is 0.218. The molecule has 0 spiro atoms. The molecular weight excluding hydrogens is 404 g/mol. The van der Waals surface area contributed by atoms with Gasteiger partial charge in [0.1, 0.15) is 10.9 Å². The highest BCUT2D eigenvalue weighted by Gasteiger charge is 2.37. The molecule has 5 rings (SSSR count). The predicted octanol–water partition coefficient (Wildman–Crippen LogP) is 6.76. The first kappa shape index (κ1) is 19.5. The number of hydrogen-bond donors (Lipinski definition) is 1. The van der Waals surface area contributed by atoms with E-state index in [2.05, 4.69) is 97.1 Å². The molecule has 1 heterocycles. The van der Waals surface area contributed by atoms with E-state index in [1.807, 2.05) is 17.8 Å². The van der Waals surface area contributed by atoms with Crippen LogP contribution in [-0.2, 0) is 10.9 Å². The average Bonchev–Trinajstić information content (AvgIpc) is 2.82. The third-order valence-electron chi connectivity index (χ3n) is 5.50. The third kappa shape index (κ3) is 3.69. The molecule has 1 unspecified atom stereocenters. The number of aliphatic hydroxyl groups is 1. The molecule has 1 nitrogen and oxygen atoms in total. The Bertz CT molecular complexity index is 1090. The molecule has 0 saturated carbocycles. The molecule has 0 bridgehead atoms. The topological polar surface area (TPSA) is 20.2 Å². The molecule has 148 valence electrons. The fourth-order valence-electron chi connectivity index (χ4n) is 4.07. The Morgan fingerprint density at radius 1 is 0.633 bits per heavy atom. The summed E-state index contributed by atoms with van der Waals surface area (Å²) >= 11 is 1.87. The van der Waals surface area contributed by atoms with E-state index in [4.69, 9.17) is 0 Å². The lowest BCUT2D eigenvalue weighted by Crippen LogP contribution is -2.11. The second-order valence-corrected chi connectivity index (χ2v) is 10.4. The molecular formula is C27H23OS2+. The summed E-state index contributed by atoms with van der Waals surface area (Å²) in [5, 5.41) is 9.64. The number of benzene rings is 4. The third-order valence-corrected chi connectivity index (χ3v) is 9.24. The van der Waals surface area contributed by atoms with E-state index >= 15 is 0 Å². The molecule has 3 heteroatoms. The number of fused-ring (bicyclic) bond motifs is 2. The summed E-state index contributed by atoms with van der Waals surface area (Å²) in [4.78, 5) is 6.86. The van der Waals surface area contributed by atoms with E-state index in [1.165, 1.54) is 35.6 Å². The molecule has 1 aliphatic rings. The Kier molecular flexibility index (Phi) is 5.67. The van der Waals surface area contributed by atoms with E-state index < -0.39 is 0 Å². The molecule has 0 aliphatic carbocycles. The van der Waals surface area contributed by atoms with Gasteiger partial charge in [-0.25, -0.2) is 0 Å². The van der Waals surface area contributed by atoms with Crippen LogP contribution in [0.3, 0.4) is 0 Å². The van der Waals surface area contributed by atoms with E-state index in [1.54, 1.807) is 0 Å². The largest absolute Gasteiger partial charge is 0.396 e. The summed E-state index contributed by atoms with van der Waals surface area (Å²) in [7, 11) is -0.0979. The first-order chi connectivity index (χ1) is 14.8. The fourth-order valence-corrected chi connectivity index (χ4v) is 7.81. The lowest BCUT2D eigenvalue weighted by Gasteiger charge is -2.20. The van der Waals surface area contributed by atoms with Gasteiger partial charge in [0.25, 0.3) is 0 Å². The van der Waals surface area contributed by atoms with E-state index in [-0.39, 0.29) is 23.4 Å². The number of hydrogen-bond acceptors (Lipinski definition) is 2. The average molecular weight is 428 g/mol. The van der Waals surface area contributed by atoms with Crippen molar-refractivity contribution in [1.29, 1.82) is 0 Å². The fraction of sp³-hybridized carbons (Fsp3) is 0.111. The Hall–Kier alpha value is -2.46. The zero-order valence-electron chi connectivity index (χ0n) is 16.6. The lowest BCUT2D eigenvalue weighted by molar-refractivity contribution is 0.281. The van der Waals surface area contributed by atoms with Gasteiger partial charge in [-0.05, 0) is 53.9 Å². The zero-order valence-corrected chi connectivity index (χ0v) is 18.2. The molecule has 1 N–H and O–H groups in total. The van der Waals surface area contributed by atoms with E-state index in [0.29, 0.717) is 0 Å². The minimum Gasteiger partial charge on any atom is -0.396 e. The molecule has 4 aromatic carbocycles. The smallest absolute Gasteiger partial charge is 0.180 e. The predicted molar refractivity (Wildman–Crippen MR) is 126 cm³/mol. The number of aliphatic hydroxyl groups excluding tert-OH is 1. The van der Waals surface area contributed by atoms with Crippen molar-refractivity contribution in [3.8, 4) is 0 Å². The second-order valence-electron chi connectivity index (χ2n) is 7.35. The van der Waals surface area contributed by atoms with Crippen LogP contribution in [-0.4, -0.2) is 11.7 Å². The molecule has 0 amide bonds. The van der Waals surface area contributed by atoms with Gasteiger partial charge in [0.15, 0.2) is 14.7 Å². The molecule has 4 aromatic rings. The Morgan fingerprint density at radius 2 is 1.17 bits per heavy atom. The minimum absolute atomic E-state index is 0.0979. The Balaban J connectivity index is 1.55. The maximum Gasteiger partial charge on any atom is 0.180 e. The molecule has 1 atom stereocenters. The van der Waals surface area contributed by atoms with Gasteiger partial charge in [0.2, 0.25) is 0 Å². The summed E-state index contributed by atoms with van der Waals surface area (Å²) < 4.78 is 0. The maximum atomic E-state index is 9.64. The van der Waals surface area contributed by atoms with Gasteiger partial charge in [-0.2, -0.15) is 0 Å². The van der Waals surface area contributed by atoms with Crippen LogP contribution in [0.15, 0.2) is 128 Å². The highest BCUT2D eigenvalue weighted by molar-refractivity contribution is 8.04. The van der Waals surface area contributed by atoms with Gasteiger partial charge in [-0.15, -0.1) is 0 Å². The van der Waals surface area contributed by atoms with Crippen LogP contribution in [0.5, 0.6) is 0 Å². The maximum absolute atomic E-state index is 9.64. The first-order valence-electron chi connectivity index (χ1n) is 10.2. The summed E-state index contributed by atoms with van der Waals surface area (Å²) in [6, 6.07) is 37.1. The first-order valence-corrected chi connectivity index (χ1v) is 12.3. The zero-order chi connectivity index (χ0) is 20.3. The molecule has 1 aliphatic heterocycles. The Morgan fingerprint density at radius 3 is 1.77 bits per heavy atom. The molecule has 0 saturated heterocycles. The van der Waals surface area contributed by atoms with E-state index in [0.717, 1.165) is 6.42 Å². The van der Waals surface area contributed by atoms with Crippen molar-refractivity contribution in [3.05, 3.63) is 114 Å². The summed E-state index contributed by atoms with van der Waals surface area (Å²) in [6.45, 7) is 0.184. The van der Waals surface area contributed by atoms with Crippen molar-refractivity contribution in [2.24, 2.45) is 0 Å². The van der Waals surface area contributed by atoms with Crippen molar-refractivity contribution in [2.45, 2.75) is 36.8 Å². The van der Waals surface area contributed by atoms with Crippen LogP contribution in [0.4, 0.5) is 0 Å². The highest BCUT2D eigenvalue weighted by Crippen LogP contribution is 2.48. The summed E-state index contributed by atoms with van der Waals surface area (Å²) in [6.07, 6.45) is 0.734. The van der Waals surface area contributed by atoms with Crippen molar-refractivity contribution >= 4 is 22.7 Å². The van der Waals surface area contributed by atoms with Gasteiger partial charge in [0.05, 0.1) is 9.79 Å². The minimum atomic E-state index is -0.0979. The Labute approximate surface area is 185 Å². The van der Waals surface area contributed by atoms with Crippen LogP contribution in [0.25, 0.3) is 0 Å². The number of rotatable bonds is 5. The van der Waals surface area contributed by atoms with Crippen LogP contribution >= 0.6 is 11.8 Å². The SMILES string of the molecule is OCCC(c1ccccc1)c1ccc([S+]2c3ccccc3Sc3ccccc32)cc1. The van der Waals surface area contributed by atoms with Crippen LogP contribution in [0.2, 0.25) is 0 Å². The van der Waals surface area contributed by atoms with Crippen molar-refractivity contribution in [3.63, 3.8) is 0 Å². The standard InChI is InChI=1S/C27H23OS2/c28-19-18-23(20-8-2-1-3-9-20)21-14-16-22(17-15-21)30-26-12-6-4-10-24(26)29-25-11-5-7-13-27(25)30/h1-17,23,28H,18-19H2/q+1. The monoisotopic (exact) mass is 427 g/mol. The van der Waals surface area contributed by atoms with Crippen molar-refractivity contribution in [1.82, 2.24) is 0 Å². The lowest BCUT2D eigenvalue weighted by atomic mass is 9.89. The van der Waals surface area contributed by atoms with Crippen LogP contribution in [0, 0.1) is 0 Å². The second kappa shape index (κ2) is 8.73. The van der Waals surface area contributed by atoms with Gasteiger partial charge in [0, 0.05) is 12.5 Å². The molecule has 0 aromatic heterocycles. The van der Waals surface area contributed by atoms with Crippen molar-refractivity contribution in [2.75, 3.05) is 6.61 Å². The quantitative estimate of drug-likeness (QED) is 0.313. The highest BCUT2D eigenvalue weighted by atomic mass is 32.2. The van der Waals surface area contributed by atoms with Crippen molar-refractivity contribution < 1.29 is 5.11 Å². The van der Waals surface area contributed by atoms with Gasteiger partial charge in [-0.1, -0.05) is 78.5 Å². The van der Waals surface area contributed by atoms with Gasteiger partial charge < -0.3 is 5.11 Å². The van der Waals surface area contributed by atoms with Crippen LogP contribution < -0.4 is 0 Å². The molecule has 0 fully saturated rings. The van der Waals surface area contributed by atoms with Crippen LogP contribution in [0.1, 0.15) is 23.5 Å². The normalized spacial score (nSPS) is 14.0. The summed E-state index contributed by atoms with van der Waals surface area (Å²) in [5.41, 5.74) is 2.52. The van der Waals surface area contributed by atoms with E-state index in [9.17, 15) is 5.11 Å². The van der Waals surface area contributed by atoms with Gasteiger partial charge >= 0.3 is 0 Å². The molecule has 30 heavy (non-hydrogen) atoms. The van der Waals surface area contributed by atoms with Gasteiger partial charge in [-0.3, -0.25) is 0 Å². The molecule has 0 radical (unpaired) electrons.